The van der Waals surface area contributed by atoms with Crippen molar-refractivity contribution in [2.75, 3.05) is 26.2 Å². The highest BCUT2D eigenvalue weighted by molar-refractivity contribution is 5.76. The van der Waals surface area contributed by atoms with Crippen LogP contribution >= 0.6 is 0 Å². The summed E-state index contributed by atoms with van der Waals surface area (Å²) in [5.41, 5.74) is 2.33. The molecule has 4 heteroatoms. The Kier molecular flexibility index (Phi) is 4.80. The minimum absolute atomic E-state index is 0.0664. The maximum atomic E-state index is 11.6. The standard InChI is InChI=1S/C15H22N2O2/c1-11-3-4-14(12(2)7-11)19-6-5-15(18)17-10-13-8-16-9-13/h3-4,7,13,16H,5-6,8-10H2,1-2H3,(H,17,18). The van der Waals surface area contributed by atoms with Crippen LogP contribution in [0.5, 0.6) is 5.75 Å². The Bertz CT molecular complexity index is 442. The number of benzene rings is 1. The third-order valence-electron chi connectivity index (χ3n) is 3.37. The van der Waals surface area contributed by atoms with Crippen molar-refractivity contribution >= 4 is 5.91 Å². The molecule has 1 fully saturated rings. The number of ether oxygens (including phenoxy) is 1. The summed E-state index contributed by atoms with van der Waals surface area (Å²) < 4.78 is 5.64. The van der Waals surface area contributed by atoms with Gasteiger partial charge in [-0.05, 0) is 25.5 Å². The zero-order valence-electron chi connectivity index (χ0n) is 11.7. The molecule has 1 saturated heterocycles. The number of amides is 1. The van der Waals surface area contributed by atoms with E-state index in [4.69, 9.17) is 4.74 Å². The summed E-state index contributed by atoms with van der Waals surface area (Å²) in [7, 11) is 0. The average molecular weight is 262 g/mol. The Morgan fingerprint density at radius 1 is 1.42 bits per heavy atom. The van der Waals surface area contributed by atoms with E-state index in [2.05, 4.69) is 23.6 Å². The number of hydrogen-bond donors (Lipinski definition) is 2. The molecule has 2 rings (SSSR count). The summed E-state index contributed by atoms with van der Waals surface area (Å²) >= 11 is 0. The monoisotopic (exact) mass is 262 g/mol. The van der Waals surface area contributed by atoms with Crippen molar-refractivity contribution in [3.63, 3.8) is 0 Å². The van der Waals surface area contributed by atoms with Gasteiger partial charge in [-0.25, -0.2) is 0 Å². The van der Waals surface area contributed by atoms with Crippen molar-refractivity contribution in [3.8, 4) is 5.75 Å². The first kappa shape index (κ1) is 13.9. The molecule has 0 atom stereocenters. The highest BCUT2D eigenvalue weighted by Crippen LogP contribution is 2.18. The molecule has 0 aliphatic carbocycles. The topological polar surface area (TPSA) is 50.4 Å². The second-order valence-electron chi connectivity index (χ2n) is 5.20. The van der Waals surface area contributed by atoms with Gasteiger partial charge < -0.3 is 15.4 Å². The molecule has 1 aliphatic heterocycles. The molecule has 1 heterocycles. The molecule has 0 spiro atoms. The fourth-order valence-corrected chi connectivity index (χ4v) is 2.05. The van der Waals surface area contributed by atoms with Gasteiger partial charge in [0.2, 0.25) is 5.91 Å². The maximum Gasteiger partial charge on any atom is 0.223 e. The van der Waals surface area contributed by atoms with Gasteiger partial charge in [-0.2, -0.15) is 0 Å². The molecule has 4 nitrogen and oxygen atoms in total. The van der Waals surface area contributed by atoms with E-state index < -0.39 is 0 Å². The van der Waals surface area contributed by atoms with Crippen LogP contribution in [-0.2, 0) is 4.79 Å². The van der Waals surface area contributed by atoms with E-state index in [1.165, 1.54) is 5.56 Å². The Morgan fingerprint density at radius 3 is 2.84 bits per heavy atom. The van der Waals surface area contributed by atoms with E-state index in [0.29, 0.717) is 18.9 Å². The van der Waals surface area contributed by atoms with Gasteiger partial charge in [0.15, 0.2) is 0 Å². The Balaban J connectivity index is 1.66. The van der Waals surface area contributed by atoms with Crippen LogP contribution in [0.25, 0.3) is 0 Å². The first-order chi connectivity index (χ1) is 9.15. The summed E-state index contributed by atoms with van der Waals surface area (Å²) in [5, 5.41) is 6.12. The zero-order chi connectivity index (χ0) is 13.7. The molecule has 1 aromatic rings. The van der Waals surface area contributed by atoms with E-state index in [9.17, 15) is 4.79 Å². The van der Waals surface area contributed by atoms with E-state index in [-0.39, 0.29) is 5.91 Å². The maximum absolute atomic E-state index is 11.6. The molecule has 104 valence electrons. The van der Waals surface area contributed by atoms with Crippen LogP contribution in [0.15, 0.2) is 18.2 Å². The number of carbonyl (C=O) groups is 1. The smallest absolute Gasteiger partial charge is 0.223 e. The van der Waals surface area contributed by atoms with Crippen LogP contribution < -0.4 is 15.4 Å². The van der Waals surface area contributed by atoms with Crippen molar-refractivity contribution in [2.24, 2.45) is 5.92 Å². The van der Waals surface area contributed by atoms with Gasteiger partial charge in [0.05, 0.1) is 13.0 Å². The number of nitrogens with one attached hydrogen (secondary N) is 2. The minimum Gasteiger partial charge on any atom is -0.493 e. The summed E-state index contributed by atoms with van der Waals surface area (Å²) in [6, 6.07) is 6.06. The number of carbonyl (C=O) groups excluding carboxylic acids is 1. The van der Waals surface area contributed by atoms with Gasteiger partial charge in [-0.1, -0.05) is 17.7 Å². The van der Waals surface area contributed by atoms with Gasteiger partial charge in [0.1, 0.15) is 5.75 Å². The third-order valence-corrected chi connectivity index (χ3v) is 3.37. The lowest BCUT2D eigenvalue weighted by Gasteiger charge is -2.27. The largest absolute Gasteiger partial charge is 0.493 e. The molecule has 0 radical (unpaired) electrons. The lowest BCUT2D eigenvalue weighted by molar-refractivity contribution is -0.121. The molecule has 0 aromatic heterocycles. The fourth-order valence-electron chi connectivity index (χ4n) is 2.05. The Labute approximate surface area is 114 Å². The van der Waals surface area contributed by atoms with Crippen LogP contribution in [-0.4, -0.2) is 32.1 Å². The first-order valence-electron chi connectivity index (χ1n) is 6.82. The van der Waals surface area contributed by atoms with Crippen molar-refractivity contribution in [2.45, 2.75) is 20.3 Å². The molecule has 0 unspecified atom stereocenters. The van der Waals surface area contributed by atoms with E-state index in [0.717, 1.165) is 30.9 Å². The quantitative estimate of drug-likeness (QED) is 0.815. The van der Waals surface area contributed by atoms with Crippen LogP contribution in [0.1, 0.15) is 17.5 Å². The molecule has 1 amide bonds. The van der Waals surface area contributed by atoms with Crippen LogP contribution in [0.3, 0.4) is 0 Å². The van der Waals surface area contributed by atoms with E-state index in [1.807, 2.05) is 19.1 Å². The summed E-state index contributed by atoms with van der Waals surface area (Å²) in [6.07, 6.45) is 0.410. The fraction of sp³-hybridized carbons (Fsp3) is 0.533. The molecule has 0 bridgehead atoms. The summed E-state index contributed by atoms with van der Waals surface area (Å²) in [4.78, 5) is 11.6. The third kappa shape index (κ3) is 4.24. The van der Waals surface area contributed by atoms with Gasteiger partial charge in [-0.3, -0.25) is 4.79 Å². The molecule has 0 saturated carbocycles. The van der Waals surface area contributed by atoms with Gasteiger partial charge in [0, 0.05) is 25.6 Å². The molecule has 1 aliphatic rings. The average Bonchev–Trinajstić information content (AvgIpc) is 2.30. The van der Waals surface area contributed by atoms with Gasteiger partial charge in [0.25, 0.3) is 0 Å². The van der Waals surface area contributed by atoms with E-state index in [1.54, 1.807) is 0 Å². The number of rotatable bonds is 6. The van der Waals surface area contributed by atoms with Crippen LogP contribution in [0.2, 0.25) is 0 Å². The summed E-state index contributed by atoms with van der Waals surface area (Å²) in [6.45, 7) is 7.30. The predicted molar refractivity (Wildman–Crippen MR) is 75.4 cm³/mol. The van der Waals surface area contributed by atoms with Crippen molar-refractivity contribution in [1.82, 2.24) is 10.6 Å². The molecule has 19 heavy (non-hydrogen) atoms. The molecule has 1 aromatic carbocycles. The van der Waals surface area contributed by atoms with E-state index >= 15 is 0 Å². The Hall–Kier alpha value is -1.55. The lowest BCUT2D eigenvalue weighted by Crippen LogP contribution is -2.48. The lowest BCUT2D eigenvalue weighted by atomic mass is 10.0. The highest BCUT2D eigenvalue weighted by Gasteiger charge is 2.16. The minimum atomic E-state index is 0.0664. The normalized spacial score (nSPS) is 14.8. The number of aryl methyl sites for hydroxylation is 2. The zero-order valence-corrected chi connectivity index (χ0v) is 11.7. The highest BCUT2D eigenvalue weighted by atomic mass is 16.5. The Morgan fingerprint density at radius 2 is 2.21 bits per heavy atom. The van der Waals surface area contributed by atoms with Gasteiger partial charge in [-0.15, -0.1) is 0 Å². The molecular formula is C15H22N2O2. The SMILES string of the molecule is Cc1ccc(OCCC(=O)NCC2CNC2)c(C)c1. The molecule has 2 N–H and O–H groups in total. The first-order valence-corrected chi connectivity index (χ1v) is 6.82. The van der Waals surface area contributed by atoms with Crippen molar-refractivity contribution < 1.29 is 9.53 Å². The van der Waals surface area contributed by atoms with Gasteiger partial charge >= 0.3 is 0 Å². The predicted octanol–water partition coefficient (Wildman–Crippen LogP) is 1.41. The van der Waals surface area contributed by atoms with Crippen molar-refractivity contribution in [1.29, 1.82) is 0 Å². The van der Waals surface area contributed by atoms with Crippen LogP contribution in [0.4, 0.5) is 0 Å². The summed E-state index contributed by atoms with van der Waals surface area (Å²) in [5.74, 6) is 1.53. The second-order valence-corrected chi connectivity index (χ2v) is 5.20. The van der Waals surface area contributed by atoms with Crippen molar-refractivity contribution in [3.05, 3.63) is 29.3 Å². The second kappa shape index (κ2) is 6.57. The molecular weight excluding hydrogens is 240 g/mol. The van der Waals surface area contributed by atoms with Crippen LogP contribution in [0, 0.1) is 19.8 Å². The number of hydrogen-bond acceptors (Lipinski definition) is 3.